The van der Waals surface area contributed by atoms with Crippen LogP contribution in [0.1, 0.15) is 51.0 Å². The van der Waals surface area contributed by atoms with Crippen LogP contribution >= 0.6 is 0 Å². The minimum Gasteiger partial charge on any atom is -0.352 e. The van der Waals surface area contributed by atoms with Crippen LogP contribution in [0, 0.1) is 0 Å². The Labute approximate surface area is 166 Å². The smallest absolute Gasteiger partial charge is 0.243 e. The summed E-state index contributed by atoms with van der Waals surface area (Å²) in [6, 6.07) is 4.52. The highest BCUT2D eigenvalue weighted by molar-refractivity contribution is 7.89. The average molecular weight is 406 g/mol. The number of amides is 2. The van der Waals surface area contributed by atoms with Gasteiger partial charge in [-0.05, 0) is 49.4 Å². The van der Waals surface area contributed by atoms with Gasteiger partial charge < -0.3 is 5.32 Å². The molecule has 1 aliphatic carbocycles. The number of nitrogens with one attached hydrogen (secondary N) is 1. The number of piperidine rings is 1. The van der Waals surface area contributed by atoms with Crippen molar-refractivity contribution in [3.8, 4) is 0 Å². The molecule has 1 atom stereocenters. The monoisotopic (exact) mass is 405 g/mol. The van der Waals surface area contributed by atoms with Crippen molar-refractivity contribution in [3.63, 3.8) is 0 Å². The van der Waals surface area contributed by atoms with E-state index in [1.54, 1.807) is 34.3 Å². The molecule has 1 aromatic carbocycles. The normalized spacial score (nSPS) is 22.8. The molecule has 0 bridgehead atoms. The molecule has 28 heavy (non-hydrogen) atoms. The van der Waals surface area contributed by atoms with Gasteiger partial charge in [-0.15, -0.1) is 0 Å². The fourth-order valence-corrected chi connectivity index (χ4v) is 5.62. The average Bonchev–Trinajstić information content (AvgIpc) is 3.44. The van der Waals surface area contributed by atoms with E-state index < -0.39 is 16.1 Å². The highest BCUT2D eigenvalue weighted by Gasteiger charge is 2.40. The van der Waals surface area contributed by atoms with E-state index in [4.69, 9.17) is 0 Å². The zero-order chi connectivity index (χ0) is 19.9. The molecule has 4 rings (SSSR count). The van der Waals surface area contributed by atoms with Gasteiger partial charge in [-0.2, -0.15) is 4.31 Å². The molecule has 7 nitrogen and oxygen atoms in total. The molecule has 2 heterocycles. The third kappa shape index (κ3) is 3.55. The van der Waals surface area contributed by atoms with Crippen LogP contribution in [0.25, 0.3) is 0 Å². The molecule has 1 saturated carbocycles. The van der Waals surface area contributed by atoms with Crippen LogP contribution in [0.15, 0.2) is 23.1 Å². The second kappa shape index (κ2) is 7.48. The fraction of sp³-hybridized carbons (Fsp3) is 0.600. The number of nitrogens with zero attached hydrogens (tertiary/aromatic N) is 2. The van der Waals surface area contributed by atoms with E-state index in [-0.39, 0.29) is 22.8 Å². The van der Waals surface area contributed by atoms with E-state index in [0.717, 1.165) is 37.7 Å². The van der Waals surface area contributed by atoms with Crippen molar-refractivity contribution in [2.24, 2.45) is 0 Å². The van der Waals surface area contributed by atoms with E-state index in [9.17, 15) is 18.0 Å². The van der Waals surface area contributed by atoms with Gasteiger partial charge in [0.05, 0.1) is 4.90 Å². The van der Waals surface area contributed by atoms with E-state index >= 15 is 0 Å². The molecule has 8 heteroatoms. The van der Waals surface area contributed by atoms with Crippen LogP contribution < -0.4 is 10.2 Å². The van der Waals surface area contributed by atoms with Crippen molar-refractivity contribution >= 4 is 27.5 Å². The van der Waals surface area contributed by atoms with E-state index in [1.807, 2.05) is 0 Å². The van der Waals surface area contributed by atoms with E-state index in [1.165, 1.54) is 0 Å². The van der Waals surface area contributed by atoms with Gasteiger partial charge in [0, 0.05) is 37.7 Å². The molecular weight excluding hydrogens is 378 g/mol. The summed E-state index contributed by atoms with van der Waals surface area (Å²) in [5, 5.41) is 2.98. The van der Waals surface area contributed by atoms with Gasteiger partial charge in [0.1, 0.15) is 6.04 Å². The van der Waals surface area contributed by atoms with Crippen LogP contribution in [0.4, 0.5) is 5.69 Å². The van der Waals surface area contributed by atoms with Crippen LogP contribution in [0.3, 0.4) is 0 Å². The highest BCUT2D eigenvalue weighted by Crippen LogP contribution is 2.36. The summed E-state index contributed by atoms with van der Waals surface area (Å²) < 4.78 is 27.5. The van der Waals surface area contributed by atoms with Gasteiger partial charge >= 0.3 is 0 Å². The van der Waals surface area contributed by atoms with Crippen molar-refractivity contribution in [3.05, 3.63) is 23.8 Å². The largest absolute Gasteiger partial charge is 0.352 e. The van der Waals surface area contributed by atoms with Gasteiger partial charge in [-0.25, -0.2) is 8.42 Å². The third-order valence-corrected chi connectivity index (χ3v) is 7.68. The lowest BCUT2D eigenvalue weighted by molar-refractivity contribution is -0.126. The van der Waals surface area contributed by atoms with E-state index in [0.29, 0.717) is 31.6 Å². The van der Waals surface area contributed by atoms with Gasteiger partial charge in [-0.3, -0.25) is 14.5 Å². The van der Waals surface area contributed by atoms with Crippen LogP contribution in [0.5, 0.6) is 0 Å². The maximum absolute atomic E-state index is 13.0. The number of sulfonamides is 1. The number of hydrogen-bond acceptors (Lipinski definition) is 4. The molecule has 0 aromatic heterocycles. The molecular formula is C20H27N3O4S. The second-order valence-electron chi connectivity index (χ2n) is 7.88. The predicted octanol–water partition coefficient (Wildman–Crippen LogP) is 1.81. The van der Waals surface area contributed by atoms with Gasteiger partial charge in [0.2, 0.25) is 21.8 Å². The molecule has 1 saturated heterocycles. The van der Waals surface area contributed by atoms with Crippen molar-refractivity contribution in [2.45, 2.75) is 68.8 Å². The Hall–Kier alpha value is -1.93. The Morgan fingerprint density at radius 3 is 2.50 bits per heavy atom. The number of hydrogen-bond donors (Lipinski definition) is 1. The topological polar surface area (TPSA) is 86.8 Å². The summed E-state index contributed by atoms with van der Waals surface area (Å²) >= 11 is 0. The van der Waals surface area contributed by atoms with Crippen molar-refractivity contribution in [1.29, 1.82) is 0 Å². The van der Waals surface area contributed by atoms with E-state index in [2.05, 4.69) is 5.32 Å². The first-order valence-corrected chi connectivity index (χ1v) is 11.6. The Morgan fingerprint density at radius 1 is 1.14 bits per heavy atom. The minimum absolute atomic E-state index is 0.124. The van der Waals surface area contributed by atoms with Crippen molar-refractivity contribution in [1.82, 2.24) is 9.62 Å². The van der Waals surface area contributed by atoms with Crippen LogP contribution in [-0.2, 0) is 26.0 Å². The summed E-state index contributed by atoms with van der Waals surface area (Å²) in [4.78, 5) is 27.0. The molecule has 1 unspecified atom stereocenters. The molecule has 1 aromatic rings. The number of carbonyl (C=O) groups is 2. The lowest BCUT2D eigenvalue weighted by atomic mass is 10.1. The maximum Gasteiger partial charge on any atom is 0.243 e. The summed E-state index contributed by atoms with van der Waals surface area (Å²) in [7, 11) is -3.54. The molecule has 2 amide bonds. The number of benzene rings is 1. The number of fused-ring (bicyclic) bond motifs is 1. The Bertz CT molecular complexity index is 889. The zero-order valence-corrected chi connectivity index (χ0v) is 17.0. The summed E-state index contributed by atoms with van der Waals surface area (Å²) in [6.07, 6.45) is 5.42. The summed E-state index contributed by atoms with van der Waals surface area (Å²) in [5.74, 6) is -0.276. The Balaban J connectivity index is 1.64. The molecule has 3 aliphatic rings. The lowest BCUT2D eigenvalue weighted by Crippen LogP contribution is -2.48. The van der Waals surface area contributed by atoms with Crippen molar-refractivity contribution in [2.75, 3.05) is 18.0 Å². The standard InChI is InChI=1S/C20H27N3O4S/c1-2-19(24)23-17-9-8-16(28(26,27)22-10-4-3-5-11-22)12-14(17)13-18(23)20(25)21-15-6-7-15/h8-9,12,15,18H,2-7,10-11,13H2,1H3,(H,21,25). The summed E-state index contributed by atoms with van der Waals surface area (Å²) in [6.45, 7) is 2.87. The van der Waals surface area contributed by atoms with Gasteiger partial charge in [0.25, 0.3) is 0 Å². The van der Waals surface area contributed by atoms with Crippen LogP contribution in [0.2, 0.25) is 0 Å². The first kappa shape index (κ1) is 19.4. The first-order valence-electron chi connectivity index (χ1n) is 10.2. The van der Waals surface area contributed by atoms with Gasteiger partial charge in [-0.1, -0.05) is 13.3 Å². The molecule has 0 spiro atoms. The van der Waals surface area contributed by atoms with Crippen molar-refractivity contribution < 1.29 is 18.0 Å². The molecule has 1 N–H and O–H groups in total. The Kier molecular flexibility index (Phi) is 5.18. The molecule has 152 valence electrons. The lowest BCUT2D eigenvalue weighted by Gasteiger charge is -2.26. The number of rotatable bonds is 5. The summed E-state index contributed by atoms with van der Waals surface area (Å²) in [5.41, 5.74) is 1.40. The molecule has 2 aliphatic heterocycles. The van der Waals surface area contributed by atoms with Crippen LogP contribution in [-0.4, -0.2) is 49.7 Å². The highest BCUT2D eigenvalue weighted by atomic mass is 32.2. The molecule has 0 radical (unpaired) electrons. The number of anilines is 1. The zero-order valence-electron chi connectivity index (χ0n) is 16.2. The fourth-order valence-electron chi connectivity index (χ4n) is 4.06. The Morgan fingerprint density at radius 2 is 1.86 bits per heavy atom. The SMILES string of the molecule is CCC(=O)N1c2ccc(S(=O)(=O)N3CCCCC3)cc2CC1C(=O)NC1CC1. The quantitative estimate of drug-likeness (QED) is 0.809. The second-order valence-corrected chi connectivity index (χ2v) is 9.81. The molecule has 2 fully saturated rings. The van der Waals surface area contributed by atoms with Gasteiger partial charge in [0.15, 0.2) is 0 Å². The third-order valence-electron chi connectivity index (χ3n) is 5.79. The first-order chi connectivity index (χ1) is 13.4. The predicted molar refractivity (Wildman–Crippen MR) is 105 cm³/mol. The minimum atomic E-state index is -3.54. The maximum atomic E-state index is 13.0. The number of carbonyl (C=O) groups excluding carboxylic acids is 2.